The average Bonchev–Trinajstić information content (AvgIpc) is 2.75. The van der Waals surface area contributed by atoms with Gasteiger partial charge in [0.05, 0.1) is 0 Å². The zero-order valence-corrected chi connectivity index (χ0v) is 12.9. The fraction of sp³-hybridized carbons (Fsp3) is 0.308. The fourth-order valence-electron chi connectivity index (χ4n) is 1.56. The van der Waals surface area contributed by atoms with Gasteiger partial charge in [-0.05, 0) is 40.2 Å². The van der Waals surface area contributed by atoms with E-state index in [0.717, 1.165) is 22.7 Å². The highest BCUT2D eigenvalue weighted by molar-refractivity contribution is 9.10. The fourth-order valence-corrected chi connectivity index (χ4v) is 3.03. The van der Waals surface area contributed by atoms with Gasteiger partial charge in [-0.2, -0.15) is 0 Å². The topological polar surface area (TPSA) is 29.9 Å². The van der Waals surface area contributed by atoms with Crippen LogP contribution in [0.3, 0.4) is 0 Å². The second-order valence-electron chi connectivity index (χ2n) is 3.97. The van der Waals surface area contributed by atoms with Crippen LogP contribution >= 0.6 is 27.7 Å². The summed E-state index contributed by atoms with van der Waals surface area (Å²) in [6, 6.07) is 6.45. The van der Waals surface area contributed by atoms with E-state index in [9.17, 15) is 0 Å². The number of rotatable bonds is 5. The van der Waals surface area contributed by atoms with Crippen molar-refractivity contribution in [3.05, 3.63) is 40.6 Å². The van der Waals surface area contributed by atoms with Crippen LogP contribution in [0.15, 0.2) is 45.1 Å². The van der Waals surface area contributed by atoms with Gasteiger partial charge >= 0.3 is 0 Å². The molecule has 0 fully saturated rings. The second-order valence-corrected chi connectivity index (χ2v) is 5.83. The number of imidazole rings is 1. The van der Waals surface area contributed by atoms with Crippen LogP contribution in [0.5, 0.6) is 0 Å². The third-order valence-electron chi connectivity index (χ3n) is 2.55. The molecule has 1 aromatic heterocycles. The molecule has 0 spiro atoms. The van der Waals surface area contributed by atoms with E-state index in [0.29, 0.717) is 0 Å². The van der Waals surface area contributed by atoms with Crippen LogP contribution in [-0.4, -0.2) is 16.1 Å². The highest BCUT2D eigenvalue weighted by Gasteiger charge is 2.06. The summed E-state index contributed by atoms with van der Waals surface area (Å²) in [7, 11) is 2.00. The van der Waals surface area contributed by atoms with Crippen LogP contribution in [0, 0.1) is 0 Å². The van der Waals surface area contributed by atoms with Gasteiger partial charge in [0.1, 0.15) is 0 Å². The minimum absolute atomic E-state index is 0.905. The number of hydrogen-bond acceptors (Lipinski definition) is 3. The maximum absolute atomic E-state index is 4.32. The van der Waals surface area contributed by atoms with Gasteiger partial charge in [-0.3, -0.25) is 0 Å². The number of aromatic nitrogens is 2. The van der Waals surface area contributed by atoms with Crippen molar-refractivity contribution in [3.8, 4) is 0 Å². The van der Waals surface area contributed by atoms with Crippen LogP contribution < -0.4 is 5.32 Å². The van der Waals surface area contributed by atoms with Gasteiger partial charge in [-0.15, -0.1) is 0 Å². The van der Waals surface area contributed by atoms with Crippen LogP contribution in [0.2, 0.25) is 0 Å². The number of nitrogens with one attached hydrogen (secondary N) is 1. The van der Waals surface area contributed by atoms with E-state index in [1.165, 1.54) is 10.5 Å². The highest BCUT2D eigenvalue weighted by atomic mass is 79.9. The Hall–Kier alpha value is -0.780. The Morgan fingerprint density at radius 3 is 2.89 bits per heavy atom. The Kier molecular flexibility index (Phi) is 4.86. The number of hydrogen-bond donors (Lipinski definition) is 1. The first-order valence-corrected chi connectivity index (χ1v) is 7.46. The predicted octanol–water partition coefficient (Wildman–Crippen LogP) is 3.44. The van der Waals surface area contributed by atoms with Crippen molar-refractivity contribution >= 4 is 27.7 Å². The lowest BCUT2D eigenvalue weighted by Crippen LogP contribution is -2.11. The quantitative estimate of drug-likeness (QED) is 0.913. The normalized spacial score (nSPS) is 10.8. The molecule has 5 heteroatoms. The molecule has 1 heterocycles. The smallest absolute Gasteiger partial charge is 0.172 e. The van der Waals surface area contributed by atoms with E-state index in [1.54, 1.807) is 11.8 Å². The molecular formula is C13H16BrN3S. The van der Waals surface area contributed by atoms with Crippen molar-refractivity contribution in [2.75, 3.05) is 6.54 Å². The van der Waals surface area contributed by atoms with Gasteiger partial charge in [-0.25, -0.2) is 4.98 Å². The van der Waals surface area contributed by atoms with Crippen molar-refractivity contribution < 1.29 is 0 Å². The third kappa shape index (κ3) is 3.37. The summed E-state index contributed by atoms with van der Waals surface area (Å²) in [5.74, 6) is 0. The Labute approximate surface area is 120 Å². The SMILES string of the molecule is CCNCc1ccc(Sc2nccn2C)c(Br)c1. The van der Waals surface area contributed by atoms with Crippen LogP contribution in [0.25, 0.3) is 0 Å². The Morgan fingerprint density at radius 2 is 2.28 bits per heavy atom. The van der Waals surface area contributed by atoms with Crippen molar-refractivity contribution in [3.63, 3.8) is 0 Å². The number of nitrogens with zero attached hydrogens (tertiary/aromatic N) is 2. The van der Waals surface area contributed by atoms with E-state index in [2.05, 4.69) is 51.4 Å². The first kappa shape index (κ1) is 13.6. The second kappa shape index (κ2) is 6.41. The minimum atomic E-state index is 0.905. The zero-order chi connectivity index (χ0) is 13.0. The van der Waals surface area contributed by atoms with Gasteiger partial charge < -0.3 is 9.88 Å². The molecule has 3 nitrogen and oxygen atoms in total. The van der Waals surface area contributed by atoms with Crippen molar-refractivity contribution in [2.45, 2.75) is 23.5 Å². The van der Waals surface area contributed by atoms with Crippen molar-refractivity contribution in [1.29, 1.82) is 0 Å². The van der Waals surface area contributed by atoms with Crippen molar-refractivity contribution in [2.24, 2.45) is 7.05 Å². The summed E-state index contributed by atoms with van der Waals surface area (Å²) in [5.41, 5.74) is 1.29. The van der Waals surface area contributed by atoms with E-state index < -0.39 is 0 Å². The van der Waals surface area contributed by atoms with Gasteiger partial charge in [0.25, 0.3) is 0 Å². The molecule has 0 saturated carbocycles. The first-order valence-electron chi connectivity index (χ1n) is 5.85. The maximum Gasteiger partial charge on any atom is 0.172 e. The molecule has 0 aliphatic carbocycles. The molecule has 0 saturated heterocycles. The summed E-state index contributed by atoms with van der Waals surface area (Å²) in [6.07, 6.45) is 3.77. The minimum Gasteiger partial charge on any atom is -0.329 e. The van der Waals surface area contributed by atoms with Crippen molar-refractivity contribution in [1.82, 2.24) is 14.9 Å². The summed E-state index contributed by atoms with van der Waals surface area (Å²) in [6.45, 7) is 4.00. The molecule has 0 aliphatic rings. The summed E-state index contributed by atoms with van der Waals surface area (Å²) < 4.78 is 3.13. The predicted molar refractivity (Wildman–Crippen MR) is 78.9 cm³/mol. The van der Waals surface area contributed by atoms with E-state index >= 15 is 0 Å². The molecule has 2 aromatic rings. The average molecular weight is 326 g/mol. The monoisotopic (exact) mass is 325 g/mol. The molecule has 0 atom stereocenters. The number of aryl methyl sites for hydroxylation is 1. The molecule has 96 valence electrons. The molecule has 18 heavy (non-hydrogen) atoms. The van der Waals surface area contributed by atoms with Crippen LogP contribution in [-0.2, 0) is 13.6 Å². The molecule has 0 amide bonds. The highest BCUT2D eigenvalue weighted by Crippen LogP contribution is 2.32. The molecule has 0 unspecified atom stereocenters. The number of benzene rings is 1. The van der Waals surface area contributed by atoms with E-state index in [1.807, 2.05) is 24.0 Å². The zero-order valence-electron chi connectivity index (χ0n) is 10.5. The number of halogens is 1. The Balaban J connectivity index is 2.12. The van der Waals surface area contributed by atoms with Crippen LogP contribution in [0.4, 0.5) is 0 Å². The van der Waals surface area contributed by atoms with Gasteiger partial charge in [0.2, 0.25) is 0 Å². The molecule has 0 bridgehead atoms. The summed E-state index contributed by atoms with van der Waals surface area (Å²) >= 11 is 5.29. The first-order chi connectivity index (χ1) is 8.70. The van der Waals surface area contributed by atoms with Crippen LogP contribution in [0.1, 0.15) is 12.5 Å². The lowest BCUT2D eigenvalue weighted by Gasteiger charge is -2.07. The Bertz CT molecular complexity index is 525. The molecule has 1 N–H and O–H groups in total. The molecule has 1 aromatic carbocycles. The third-order valence-corrected chi connectivity index (χ3v) is 4.62. The largest absolute Gasteiger partial charge is 0.329 e. The van der Waals surface area contributed by atoms with Gasteiger partial charge in [-0.1, -0.05) is 24.8 Å². The maximum atomic E-state index is 4.32. The molecular weight excluding hydrogens is 310 g/mol. The van der Waals surface area contributed by atoms with E-state index in [-0.39, 0.29) is 0 Å². The summed E-state index contributed by atoms with van der Waals surface area (Å²) in [5, 5.41) is 4.32. The lowest BCUT2D eigenvalue weighted by molar-refractivity contribution is 0.726. The lowest BCUT2D eigenvalue weighted by atomic mass is 10.2. The Morgan fingerprint density at radius 1 is 1.44 bits per heavy atom. The van der Waals surface area contributed by atoms with E-state index in [4.69, 9.17) is 0 Å². The molecule has 2 rings (SSSR count). The van der Waals surface area contributed by atoms with Gasteiger partial charge in [0, 0.05) is 35.4 Å². The standard InChI is InChI=1S/C13H16BrN3S/c1-3-15-9-10-4-5-12(11(14)8-10)18-13-16-6-7-17(13)2/h4-8,15H,3,9H2,1-2H3. The molecule has 0 aliphatic heterocycles. The summed E-state index contributed by atoms with van der Waals surface area (Å²) in [4.78, 5) is 5.50. The van der Waals surface area contributed by atoms with Gasteiger partial charge in [0.15, 0.2) is 5.16 Å². The molecule has 0 radical (unpaired) electrons.